The molecule has 0 saturated heterocycles. The number of nitrogens with one attached hydrogen (secondary N) is 1. The summed E-state index contributed by atoms with van der Waals surface area (Å²) in [5.41, 5.74) is 0. The smallest absolute Gasteiger partial charge is 0.220 e. The molecule has 1 amide bonds. The largest absolute Gasteiger partial charge is 0.396 e. The Kier molecular flexibility index (Phi) is 17.4. The third kappa shape index (κ3) is 18.6. The van der Waals surface area contributed by atoms with Gasteiger partial charge in [0.1, 0.15) is 5.94 Å². The van der Waals surface area contributed by atoms with Crippen LogP contribution < -0.4 is 5.32 Å². The predicted molar refractivity (Wildman–Crippen MR) is 108 cm³/mol. The van der Waals surface area contributed by atoms with Crippen molar-refractivity contribution in [1.82, 2.24) is 5.32 Å². The summed E-state index contributed by atoms with van der Waals surface area (Å²) in [4.78, 5) is 11.9. The SMILES string of the molecule is CCCOCCOCCNC(=O)CCC(C)(C)SSCOCCCO.[HH]. The number of amides is 1. The fourth-order valence-corrected chi connectivity index (χ4v) is 4.01. The topological polar surface area (TPSA) is 77.0 Å². The van der Waals surface area contributed by atoms with Crippen LogP contribution in [0.4, 0.5) is 0 Å². The summed E-state index contributed by atoms with van der Waals surface area (Å²) in [5.74, 6) is 0.656. The van der Waals surface area contributed by atoms with E-state index in [-0.39, 0.29) is 18.7 Å². The van der Waals surface area contributed by atoms with Gasteiger partial charge in [-0.3, -0.25) is 4.79 Å². The Morgan fingerprint density at radius 2 is 1.84 bits per heavy atom. The lowest BCUT2D eigenvalue weighted by Crippen LogP contribution is -2.29. The van der Waals surface area contributed by atoms with Crippen LogP contribution in [0.2, 0.25) is 0 Å². The van der Waals surface area contributed by atoms with Crippen LogP contribution in [0.5, 0.6) is 0 Å². The fraction of sp³-hybridized carbons (Fsp3) is 0.941. The lowest BCUT2D eigenvalue weighted by atomic mass is 10.1. The highest BCUT2D eigenvalue weighted by atomic mass is 33.1. The summed E-state index contributed by atoms with van der Waals surface area (Å²) in [7, 11) is 3.37. The van der Waals surface area contributed by atoms with Gasteiger partial charge in [0, 0.05) is 39.0 Å². The second kappa shape index (κ2) is 17.4. The van der Waals surface area contributed by atoms with Crippen molar-refractivity contribution in [2.75, 3.05) is 52.1 Å². The zero-order valence-electron chi connectivity index (χ0n) is 15.9. The quantitative estimate of drug-likeness (QED) is 0.208. The molecule has 0 aromatic heterocycles. The molecule has 0 heterocycles. The van der Waals surface area contributed by atoms with Gasteiger partial charge in [-0.15, -0.1) is 0 Å². The number of ether oxygens (including phenoxy) is 3. The Morgan fingerprint density at radius 3 is 2.52 bits per heavy atom. The van der Waals surface area contributed by atoms with Gasteiger partial charge in [-0.05, 0) is 33.1 Å². The van der Waals surface area contributed by atoms with E-state index in [4.69, 9.17) is 19.3 Å². The van der Waals surface area contributed by atoms with Gasteiger partial charge in [0.2, 0.25) is 5.91 Å². The molecule has 6 nitrogen and oxygen atoms in total. The Morgan fingerprint density at radius 1 is 1.12 bits per heavy atom. The number of carbonyl (C=O) groups excluding carboxylic acids is 1. The van der Waals surface area contributed by atoms with Crippen molar-refractivity contribution in [1.29, 1.82) is 0 Å². The first kappa shape index (κ1) is 25.0. The lowest BCUT2D eigenvalue weighted by molar-refractivity contribution is -0.121. The molecule has 0 bridgehead atoms. The summed E-state index contributed by atoms with van der Waals surface area (Å²) < 4.78 is 16.1. The van der Waals surface area contributed by atoms with E-state index in [1.54, 1.807) is 21.6 Å². The Balaban J connectivity index is 0. The van der Waals surface area contributed by atoms with Gasteiger partial charge < -0.3 is 24.6 Å². The molecule has 0 aliphatic rings. The van der Waals surface area contributed by atoms with Crippen molar-refractivity contribution in [3.8, 4) is 0 Å². The van der Waals surface area contributed by atoms with E-state index >= 15 is 0 Å². The summed E-state index contributed by atoms with van der Waals surface area (Å²) in [5, 5.41) is 11.5. The molecular formula is C17H37NO5S2. The van der Waals surface area contributed by atoms with Crippen LogP contribution in [0.3, 0.4) is 0 Å². The van der Waals surface area contributed by atoms with Gasteiger partial charge in [0.05, 0.1) is 19.8 Å². The van der Waals surface area contributed by atoms with Gasteiger partial charge in [-0.1, -0.05) is 28.5 Å². The Hall–Kier alpha value is 0.01000. The van der Waals surface area contributed by atoms with E-state index in [0.717, 1.165) is 19.4 Å². The van der Waals surface area contributed by atoms with Crippen LogP contribution in [0.25, 0.3) is 0 Å². The number of aliphatic hydroxyl groups is 1. The molecule has 0 spiro atoms. The molecule has 2 N–H and O–H groups in total. The summed E-state index contributed by atoms with van der Waals surface area (Å²) >= 11 is 0. The number of hydrogen-bond donors (Lipinski definition) is 2. The van der Waals surface area contributed by atoms with Crippen molar-refractivity contribution in [3.05, 3.63) is 0 Å². The molecule has 0 fully saturated rings. The van der Waals surface area contributed by atoms with E-state index in [1.165, 1.54) is 0 Å². The van der Waals surface area contributed by atoms with Crippen molar-refractivity contribution < 1.29 is 25.5 Å². The first-order chi connectivity index (χ1) is 12.0. The molecule has 0 unspecified atom stereocenters. The normalized spacial score (nSPS) is 11.7. The zero-order valence-corrected chi connectivity index (χ0v) is 17.5. The van der Waals surface area contributed by atoms with Gasteiger partial charge in [0.15, 0.2) is 0 Å². The number of carbonyl (C=O) groups is 1. The molecule has 0 radical (unpaired) electrons. The second-order valence-corrected chi connectivity index (χ2v) is 9.09. The molecule has 0 aromatic carbocycles. The summed E-state index contributed by atoms with van der Waals surface area (Å²) in [6, 6.07) is 0. The Labute approximate surface area is 162 Å². The van der Waals surface area contributed by atoms with Crippen molar-refractivity contribution >= 4 is 27.5 Å². The molecule has 0 aliphatic heterocycles. The molecule has 8 heteroatoms. The zero-order chi connectivity index (χ0) is 18.8. The number of hydrogen-bond acceptors (Lipinski definition) is 7. The average molecular weight is 400 g/mol. The van der Waals surface area contributed by atoms with E-state index in [2.05, 4.69) is 26.1 Å². The molecule has 0 aliphatic carbocycles. The Bertz CT molecular complexity index is 326. The van der Waals surface area contributed by atoms with E-state index in [0.29, 0.717) is 51.8 Å². The monoisotopic (exact) mass is 399 g/mol. The highest BCUT2D eigenvalue weighted by Gasteiger charge is 2.20. The minimum absolute atomic E-state index is 0. The maximum absolute atomic E-state index is 11.9. The van der Waals surface area contributed by atoms with E-state index in [1.807, 2.05) is 0 Å². The van der Waals surface area contributed by atoms with Crippen LogP contribution in [-0.4, -0.2) is 67.9 Å². The highest BCUT2D eigenvalue weighted by Crippen LogP contribution is 2.38. The molecule has 25 heavy (non-hydrogen) atoms. The van der Waals surface area contributed by atoms with Crippen molar-refractivity contribution in [2.45, 2.75) is 51.2 Å². The third-order valence-corrected chi connectivity index (χ3v) is 6.14. The van der Waals surface area contributed by atoms with Crippen LogP contribution in [0, 0.1) is 0 Å². The first-order valence-corrected chi connectivity index (χ1v) is 11.2. The lowest BCUT2D eigenvalue weighted by Gasteiger charge is -2.22. The highest BCUT2D eigenvalue weighted by molar-refractivity contribution is 8.77. The van der Waals surface area contributed by atoms with Crippen LogP contribution in [-0.2, 0) is 19.0 Å². The molecular weight excluding hydrogens is 362 g/mol. The maximum Gasteiger partial charge on any atom is 0.220 e. The van der Waals surface area contributed by atoms with Gasteiger partial charge in [0.25, 0.3) is 0 Å². The van der Waals surface area contributed by atoms with E-state index < -0.39 is 0 Å². The maximum atomic E-state index is 11.9. The van der Waals surface area contributed by atoms with Gasteiger partial charge in [-0.2, -0.15) is 0 Å². The minimum Gasteiger partial charge on any atom is -0.396 e. The standard InChI is InChI=1S/C17H35NO5S2.H2/c1-4-10-21-13-14-22-12-8-18-16(20)6-7-17(2,3)25-24-15-23-11-5-9-19;/h19H,4-15H2,1-3H3,(H,18,20);1H. The molecule has 0 atom stereocenters. The molecule has 0 rings (SSSR count). The molecule has 152 valence electrons. The van der Waals surface area contributed by atoms with Crippen molar-refractivity contribution in [2.24, 2.45) is 0 Å². The summed E-state index contributed by atoms with van der Waals surface area (Å²) in [6.07, 6.45) is 2.99. The van der Waals surface area contributed by atoms with Crippen LogP contribution >= 0.6 is 21.6 Å². The fourth-order valence-electron chi connectivity index (χ4n) is 1.72. The van der Waals surface area contributed by atoms with Gasteiger partial charge in [-0.25, -0.2) is 0 Å². The number of aliphatic hydroxyl groups excluding tert-OH is 1. The van der Waals surface area contributed by atoms with Crippen LogP contribution in [0.15, 0.2) is 0 Å². The van der Waals surface area contributed by atoms with Crippen molar-refractivity contribution in [3.63, 3.8) is 0 Å². The van der Waals surface area contributed by atoms with Crippen LogP contribution in [0.1, 0.15) is 47.9 Å². The first-order valence-electron chi connectivity index (χ1n) is 8.93. The minimum atomic E-state index is 0. The second-order valence-electron chi connectivity index (χ2n) is 6.14. The predicted octanol–water partition coefficient (Wildman–Crippen LogP) is 3.09. The molecule has 0 saturated carbocycles. The third-order valence-electron chi connectivity index (χ3n) is 3.11. The van der Waals surface area contributed by atoms with Gasteiger partial charge >= 0.3 is 0 Å². The molecule has 0 aromatic rings. The number of rotatable bonds is 18. The summed E-state index contributed by atoms with van der Waals surface area (Å²) in [6.45, 7) is 10.1. The van der Waals surface area contributed by atoms with E-state index in [9.17, 15) is 4.79 Å². The average Bonchev–Trinajstić information content (AvgIpc) is 2.58.